The first kappa shape index (κ1) is 16.8. The lowest BCUT2D eigenvalue weighted by atomic mass is 10.0. The van der Waals surface area contributed by atoms with Crippen molar-refractivity contribution in [2.75, 3.05) is 13.2 Å². The van der Waals surface area contributed by atoms with Gasteiger partial charge in [-0.1, -0.05) is 15.9 Å². The highest BCUT2D eigenvalue weighted by atomic mass is 79.9. The lowest BCUT2D eigenvalue weighted by Gasteiger charge is -2.18. The molecule has 1 atom stereocenters. The van der Waals surface area contributed by atoms with Crippen molar-refractivity contribution in [1.82, 2.24) is 0 Å². The van der Waals surface area contributed by atoms with Crippen LogP contribution in [0.3, 0.4) is 0 Å². The van der Waals surface area contributed by atoms with E-state index >= 15 is 0 Å². The normalized spacial score (nSPS) is 12.0. The van der Waals surface area contributed by atoms with E-state index in [0.717, 1.165) is 10.0 Å². The molecular weight excluding hydrogens is 324 g/mol. The Morgan fingerprint density at radius 2 is 1.80 bits per heavy atom. The van der Waals surface area contributed by atoms with E-state index in [0.29, 0.717) is 31.1 Å². The van der Waals surface area contributed by atoms with E-state index in [1.165, 1.54) is 0 Å². The van der Waals surface area contributed by atoms with Gasteiger partial charge in [0, 0.05) is 16.9 Å². The monoisotopic (exact) mass is 344 g/mol. The average molecular weight is 345 g/mol. The zero-order chi connectivity index (χ0) is 15.1. The number of halogens is 1. The summed E-state index contributed by atoms with van der Waals surface area (Å²) in [5.41, 5.74) is 12.1. The molecule has 1 amide bonds. The maximum atomic E-state index is 10.8. The topological polar surface area (TPSA) is 87.6 Å². The van der Waals surface area contributed by atoms with Crippen molar-refractivity contribution in [2.24, 2.45) is 11.5 Å². The van der Waals surface area contributed by atoms with Crippen molar-refractivity contribution in [3.63, 3.8) is 0 Å². The van der Waals surface area contributed by atoms with E-state index < -0.39 is 0 Å². The lowest BCUT2D eigenvalue weighted by molar-refractivity contribution is -0.118. The summed E-state index contributed by atoms with van der Waals surface area (Å²) >= 11 is 3.48. The van der Waals surface area contributed by atoms with Crippen LogP contribution in [0, 0.1) is 0 Å². The Labute approximate surface area is 127 Å². The number of carbonyl (C=O) groups excluding carboxylic acids is 1. The van der Waals surface area contributed by atoms with Gasteiger partial charge in [-0.15, -0.1) is 0 Å². The zero-order valence-corrected chi connectivity index (χ0v) is 13.4. The zero-order valence-electron chi connectivity index (χ0n) is 11.8. The molecule has 0 fully saturated rings. The van der Waals surface area contributed by atoms with Gasteiger partial charge in [0.25, 0.3) is 0 Å². The van der Waals surface area contributed by atoms with Gasteiger partial charge in [0.2, 0.25) is 5.91 Å². The third-order valence-corrected chi connectivity index (χ3v) is 3.45. The predicted molar refractivity (Wildman–Crippen MR) is 81.8 cm³/mol. The van der Waals surface area contributed by atoms with Crippen molar-refractivity contribution in [3.8, 4) is 11.5 Å². The Balaban J connectivity index is 3.00. The largest absolute Gasteiger partial charge is 0.490 e. The van der Waals surface area contributed by atoms with Crippen molar-refractivity contribution in [2.45, 2.75) is 32.7 Å². The van der Waals surface area contributed by atoms with Crippen molar-refractivity contribution >= 4 is 21.8 Å². The number of primary amides is 1. The highest BCUT2D eigenvalue weighted by Gasteiger charge is 2.16. The fourth-order valence-electron chi connectivity index (χ4n) is 1.82. The van der Waals surface area contributed by atoms with Crippen LogP contribution in [0.2, 0.25) is 0 Å². The second-order valence-electron chi connectivity index (χ2n) is 4.30. The summed E-state index contributed by atoms with van der Waals surface area (Å²) in [6.45, 7) is 4.91. The summed E-state index contributed by atoms with van der Waals surface area (Å²) in [5.74, 6) is 0.974. The van der Waals surface area contributed by atoms with Gasteiger partial charge in [-0.3, -0.25) is 4.79 Å². The summed E-state index contributed by atoms with van der Waals surface area (Å²) in [6.07, 6.45) is 0.748. The number of benzene rings is 1. The molecule has 1 aromatic rings. The second-order valence-corrected chi connectivity index (χ2v) is 5.15. The second kappa shape index (κ2) is 8.11. The van der Waals surface area contributed by atoms with Gasteiger partial charge < -0.3 is 20.9 Å². The first-order valence-corrected chi connectivity index (χ1v) is 7.41. The van der Waals surface area contributed by atoms with Gasteiger partial charge in [-0.05, 0) is 38.0 Å². The number of nitrogens with two attached hydrogens (primary N) is 2. The predicted octanol–water partition coefficient (Wildman–Crippen LogP) is 2.51. The van der Waals surface area contributed by atoms with Gasteiger partial charge >= 0.3 is 0 Å². The molecule has 0 radical (unpaired) electrons. The molecule has 0 aromatic heterocycles. The minimum absolute atomic E-state index is 0.255. The number of rotatable bonds is 8. The Morgan fingerprint density at radius 1 is 1.25 bits per heavy atom. The van der Waals surface area contributed by atoms with Crippen LogP contribution in [0.25, 0.3) is 0 Å². The van der Waals surface area contributed by atoms with E-state index in [2.05, 4.69) is 15.9 Å². The molecule has 0 saturated heterocycles. The standard InChI is InChI=1S/C14H21BrN2O3/c1-3-19-12-7-9(11(16)5-6-14(17)18)10(15)8-13(12)20-4-2/h7-8,11H,3-6,16H2,1-2H3,(H2,17,18). The SMILES string of the molecule is CCOc1cc(Br)c(C(N)CCC(N)=O)cc1OCC. The van der Waals surface area contributed by atoms with Crippen molar-refractivity contribution < 1.29 is 14.3 Å². The smallest absolute Gasteiger partial charge is 0.217 e. The first-order chi connectivity index (χ1) is 9.49. The van der Waals surface area contributed by atoms with Crippen LogP contribution in [0.4, 0.5) is 0 Å². The molecule has 0 aliphatic heterocycles. The van der Waals surface area contributed by atoms with Crippen molar-refractivity contribution in [3.05, 3.63) is 22.2 Å². The molecule has 1 aromatic carbocycles. The number of amides is 1. The number of hydrogen-bond donors (Lipinski definition) is 2. The Bertz CT molecular complexity index is 466. The van der Waals surface area contributed by atoms with Crippen molar-refractivity contribution in [1.29, 1.82) is 0 Å². The van der Waals surface area contributed by atoms with Crippen LogP contribution in [0.5, 0.6) is 11.5 Å². The van der Waals surface area contributed by atoms with E-state index in [-0.39, 0.29) is 18.4 Å². The highest BCUT2D eigenvalue weighted by Crippen LogP contribution is 2.36. The molecule has 6 heteroatoms. The third-order valence-electron chi connectivity index (χ3n) is 2.76. The molecule has 5 nitrogen and oxygen atoms in total. The van der Waals surface area contributed by atoms with Gasteiger partial charge in [0.05, 0.1) is 13.2 Å². The summed E-state index contributed by atoms with van der Waals surface area (Å²) in [5, 5.41) is 0. The van der Waals surface area contributed by atoms with Gasteiger partial charge in [0.1, 0.15) is 0 Å². The molecule has 0 spiro atoms. The Hall–Kier alpha value is -1.27. The highest BCUT2D eigenvalue weighted by molar-refractivity contribution is 9.10. The van der Waals surface area contributed by atoms with Crippen LogP contribution in [0.15, 0.2) is 16.6 Å². The van der Waals surface area contributed by atoms with Crippen LogP contribution in [0.1, 0.15) is 38.3 Å². The molecule has 0 aliphatic rings. The molecule has 4 N–H and O–H groups in total. The quantitative estimate of drug-likeness (QED) is 0.758. The minimum atomic E-state index is -0.354. The van der Waals surface area contributed by atoms with Gasteiger partial charge in [0.15, 0.2) is 11.5 Å². The molecule has 112 valence electrons. The van der Waals surface area contributed by atoms with Gasteiger partial charge in [-0.2, -0.15) is 0 Å². The minimum Gasteiger partial charge on any atom is -0.490 e. The third kappa shape index (κ3) is 4.68. The number of ether oxygens (including phenoxy) is 2. The Morgan fingerprint density at radius 3 is 2.30 bits per heavy atom. The van der Waals surface area contributed by atoms with Crippen LogP contribution >= 0.6 is 15.9 Å². The van der Waals surface area contributed by atoms with E-state index in [1.54, 1.807) is 0 Å². The molecule has 0 heterocycles. The van der Waals surface area contributed by atoms with Crippen LogP contribution in [-0.4, -0.2) is 19.1 Å². The summed E-state index contributed by atoms with van der Waals surface area (Å²) in [7, 11) is 0. The molecular formula is C14H21BrN2O3. The number of hydrogen-bond acceptors (Lipinski definition) is 4. The molecule has 20 heavy (non-hydrogen) atoms. The molecule has 0 bridgehead atoms. The van der Waals surface area contributed by atoms with Gasteiger partial charge in [-0.25, -0.2) is 0 Å². The molecule has 1 unspecified atom stereocenters. The van der Waals surface area contributed by atoms with E-state index in [1.807, 2.05) is 26.0 Å². The first-order valence-electron chi connectivity index (χ1n) is 6.62. The fraction of sp³-hybridized carbons (Fsp3) is 0.500. The van der Waals surface area contributed by atoms with E-state index in [4.69, 9.17) is 20.9 Å². The summed E-state index contributed by atoms with van der Waals surface area (Å²) in [4.78, 5) is 10.8. The van der Waals surface area contributed by atoms with E-state index in [9.17, 15) is 4.79 Å². The number of carbonyl (C=O) groups is 1. The van der Waals surface area contributed by atoms with Crippen LogP contribution in [-0.2, 0) is 4.79 Å². The maximum Gasteiger partial charge on any atom is 0.217 e. The Kier molecular flexibility index (Phi) is 6.81. The maximum absolute atomic E-state index is 10.8. The lowest BCUT2D eigenvalue weighted by Crippen LogP contribution is -2.17. The molecule has 0 saturated carbocycles. The van der Waals surface area contributed by atoms with Crippen LogP contribution < -0.4 is 20.9 Å². The summed E-state index contributed by atoms with van der Waals surface area (Å²) < 4.78 is 11.9. The summed E-state index contributed by atoms with van der Waals surface area (Å²) in [6, 6.07) is 3.41. The average Bonchev–Trinajstić information content (AvgIpc) is 2.39. The molecule has 1 rings (SSSR count). The fourth-order valence-corrected chi connectivity index (χ4v) is 2.44. The molecule has 0 aliphatic carbocycles.